The van der Waals surface area contributed by atoms with Gasteiger partial charge in [-0.15, -0.1) is 0 Å². The summed E-state index contributed by atoms with van der Waals surface area (Å²) in [7, 11) is 0. The molecule has 166 valence electrons. The summed E-state index contributed by atoms with van der Waals surface area (Å²) >= 11 is 1.92. The van der Waals surface area contributed by atoms with Gasteiger partial charge >= 0.3 is 0 Å². The Balaban J connectivity index is 1.14. The molecule has 5 nitrogen and oxygen atoms in total. The van der Waals surface area contributed by atoms with E-state index < -0.39 is 0 Å². The molecule has 0 aliphatic carbocycles. The molecule has 2 saturated heterocycles. The van der Waals surface area contributed by atoms with Gasteiger partial charge in [0.2, 0.25) is 5.91 Å². The largest absolute Gasteiger partial charge is 0.360 e. The maximum absolute atomic E-state index is 12.6. The second-order valence-corrected chi connectivity index (χ2v) is 10.1. The number of amides is 1. The van der Waals surface area contributed by atoms with Gasteiger partial charge in [-0.05, 0) is 75.9 Å². The van der Waals surface area contributed by atoms with Gasteiger partial charge in [-0.2, -0.15) is 0 Å². The average Bonchev–Trinajstić information content (AvgIpc) is 3.04. The van der Waals surface area contributed by atoms with Crippen LogP contribution < -0.4 is 10.6 Å². The highest BCUT2D eigenvalue weighted by molar-refractivity contribution is 8.00. The van der Waals surface area contributed by atoms with E-state index in [9.17, 15) is 4.79 Å². The number of hydrogen-bond donors (Lipinski definition) is 2. The van der Waals surface area contributed by atoms with Gasteiger partial charge in [0, 0.05) is 36.1 Å². The van der Waals surface area contributed by atoms with Crippen LogP contribution in [0.1, 0.15) is 57.4 Å². The summed E-state index contributed by atoms with van der Waals surface area (Å²) in [6.45, 7) is 8.62. The minimum absolute atomic E-state index is 0.180. The molecule has 1 amide bonds. The SMILES string of the molecule is CCc1ccc2c(c1)SC(N1CCC(C(=O)NCCCN3CCCCCC3)CC1)N2. The summed E-state index contributed by atoms with van der Waals surface area (Å²) in [5.41, 5.74) is 2.96. The van der Waals surface area contributed by atoms with Crippen molar-refractivity contribution in [2.45, 2.75) is 68.7 Å². The van der Waals surface area contributed by atoms with Crippen LogP contribution in [0.15, 0.2) is 23.1 Å². The van der Waals surface area contributed by atoms with Crippen LogP contribution in [0.5, 0.6) is 0 Å². The van der Waals surface area contributed by atoms with E-state index in [-0.39, 0.29) is 11.8 Å². The predicted molar refractivity (Wildman–Crippen MR) is 126 cm³/mol. The highest BCUT2D eigenvalue weighted by Gasteiger charge is 2.32. The maximum atomic E-state index is 12.6. The molecule has 0 radical (unpaired) electrons. The first-order valence-corrected chi connectivity index (χ1v) is 12.9. The van der Waals surface area contributed by atoms with Gasteiger partial charge in [-0.3, -0.25) is 9.69 Å². The van der Waals surface area contributed by atoms with Gasteiger partial charge in [0.25, 0.3) is 0 Å². The number of fused-ring (bicyclic) bond motifs is 1. The Morgan fingerprint density at radius 1 is 1.13 bits per heavy atom. The second-order valence-electron chi connectivity index (χ2n) is 9.01. The van der Waals surface area contributed by atoms with Gasteiger partial charge in [-0.1, -0.05) is 37.6 Å². The normalized spacial score (nSPS) is 23.6. The molecular weight excluding hydrogens is 392 g/mol. The Hall–Kier alpha value is -1.24. The number of carbonyl (C=O) groups excluding carboxylic acids is 1. The summed E-state index contributed by atoms with van der Waals surface area (Å²) in [6, 6.07) is 6.75. The highest BCUT2D eigenvalue weighted by Crippen LogP contribution is 2.41. The van der Waals surface area contributed by atoms with Crippen LogP contribution in [0.25, 0.3) is 0 Å². The smallest absolute Gasteiger partial charge is 0.223 e. The van der Waals surface area contributed by atoms with Crippen LogP contribution in [-0.4, -0.2) is 60.5 Å². The number of rotatable bonds is 7. The molecule has 2 N–H and O–H groups in total. The molecule has 1 atom stereocenters. The fourth-order valence-corrected chi connectivity index (χ4v) is 6.13. The average molecular weight is 431 g/mol. The molecule has 3 aliphatic rings. The van der Waals surface area contributed by atoms with Crippen LogP contribution in [0.3, 0.4) is 0 Å². The van der Waals surface area contributed by atoms with E-state index in [1.807, 2.05) is 11.8 Å². The first-order chi connectivity index (χ1) is 14.7. The number of nitrogens with one attached hydrogen (secondary N) is 2. The lowest BCUT2D eigenvalue weighted by Crippen LogP contribution is -2.45. The van der Waals surface area contributed by atoms with Crippen molar-refractivity contribution in [2.24, 2.45) is 5.92 Å². The predicted octanol–water partition coefficient (Wildman–Crippen LogP) is 4.14. The summed E-state index contributed by atoms with van der Waals surface area (Å²) in [4.78, 5) is 19.1. The van der Waals surface area contributed by atoms with Crippen LogP contribution in [0.2, 0.25) is 0 Å². The van der Waals surface area contributed by atoms with Gasteiger partial charge in [0.05, 0.1) is 0 Å². The minimum Gasteiger partial charge on any atom is -0.360 e. The molecule has 0 bridgehead atoms. The van der Waals surface area contributed by atoms with E-state index in [4.69, 9.17) is 0 Å². The number of benzene rings is 1. The standard InChI is InChI=1S/C24H38N4OS/c1-2-19-8-9-21-22(18-19)30-24(26-21)28-16-10-20(11-17-28)23(29)25-12-7-15-27-13-5-3-4-6-14-27/h8-9,18,20,24,26H,2-7,10-17H2,1H3,(H,25,29). The second kappa shape index (κ2) is 10.9. The summed E-state index contributed by atoms with van der Waals surface area (Å²) in [5.74, 6) is 0.452. The Morgan fingerprint density at radius 2 is 1.90 bits per heavy atom. The molecule has 0 aromatic heterocycles. The fourth-order valence-electron chi connectivity index (χ4n) is 4.87. The van der Waals surface area contributed by atoms with Gasteiger partial charge < -0.3 is 15.5 Å². The van der Waals surface area contributed by atoms with E-state index in [0.29, 0.717) is 5.50 Å². The first-order valence-electron chi connectivity index (χ1n) is 12.0. The molecule has 1 unspecified atom stereocenters. The third-order valence-electron chi connectivity index (χ3n) is 6.85. The quantitative estimate of drug-likeness (QED) is 0.637. The van der Waals surface area contributed by atoms with Crippen molar-refractivity contribution in [3.63, 3.8) is 0 Å². The van der Waals surface area contributed by atoms with Crippen molar-refractivity contribution >= 4 is 23.4 Å². The van der Waals surface area contributed by atoms with Gasteiger partial charge in [0.15, 0.2) is 0 Å². The Bertz CT molecular complexity index is 696. The molecule has 0 spiro atoms. The maximum Gasteiger partial charge on any atom is 0.223 e. The molecule has 30 heavy (non-hydrogen) atoms. The molecule has 4 rings (SSSR count). The van der Waals surface area contributed by atoms with Crippen molar-refractivity contribution in [2.75, 3.05) is 44.6 Å². The molecule has 1 aromatic carbocycles. The van der Waals surface area contributed by atoms with Gasteiger partial charge in [0.1, 0.15) is 5.50 Å². The van der Waals surface area contributed by atoms with E-state index in [1.54, 1.807) is 0 Å². The van der Waals surface area contributed by atoms with Crippen LogP contribution >= 0.6 is 11.8 Å². The number of likely N-dealkylation sites (tertiary alicyclic amines) is 2. The monoisotopic (exact) mass is 430 g/mol. The lowest BCUT2D eigenvalue weighted by Gasteiger charge is -2.35. The number of carbonyl (C=O) groups is 1. The van der Waals surface area contributed by atoms with Crippen molar-refractivity contribution in [3.05, 3.63) is 23.8 Å². The van der Waals surface area contributed by atoms with E-state index in [0.717, 1.165) is 51.9 Å². The van der Waals surface area contributed by atoms with Crippen molar-refractivity contribution in [3.8, 4) is 0 Å². The third kappa shape index (κ3) is 5.71. The number of hydrogen-bond acceptors (Lipinski definition) is 5. The first kappa shape index (κ1) is 22.0. The molecular formula is C24H38N4OS. The number of anilines is 1. The molecule has 1 aromatic rings. The van der Waals surface area contributed by atoms with Crippen LogP contribution in [0.4, 0.5) is 5.69 Å². The van der Waals surface area contributed by atoms with Gasteiger partial charge in [-0.25, -0.2) is 0 Å². The molecule has 0 saturated carbocycles. The number of aryl methyl sites for hydroxylation is 1. The Kier molecular flexibility index (Phi) is 7.96. The highest BCUT2D eigenvalue weighted by atomic mass is 32.2. The minimum atomic E-state index is 0.180. The topological polar surface area (TPSA) is 47.6 Å². The molecule has 3 aliphatic heterocycles. The van der Waals surface area contributed by atoms with Crippen molar-refractivity contribution in [1.82, 2.24) is 15.1 Å². The molecule has 6 heteroatoms. The van der Waals surface area contributed by atoms with Crippen LogP contribution in [-0.2, 0) is 11.2 Å². The van der Waals surface area contributed by atoms with Crippen molar-refractivity contribution in [1.29, 1.82) is 0 Å². The Morgan fingerprint density at radius 3 is 2.63 bits per heavy atom. The zero-order valence-corrected chi connectivity index (χ0v) is 19.3. The zero-order valence-electron chi connectivity index (χ0n) is 18.5. The van der Waals surface area contributed by atoms with E-state index in [1.165, 1.54) is 54.9 Å². The van der Waals surface area contributed by atoms with E-state index >= 15 is 0 Å². The van der Waals surface area contributed by atoms with E-state index in [2.05, 4.69) is 45.6 Å². The Labute approximate surface area is 186 Å². The lowest BCUT2D eigenvalue weighted by molar-refractivity contribution is -0.126. The number of piperidine rings is 1. The van der Waals surface area contributed by atoms with Crippen molar-refractivity contribution < 1.29 is 4.79 Å². The summed E-state index contributed by atoms with van der Waals surface area (Å²) in [6.07, 6.45) is 9.52. The third-order valence-corrected chi connectivity index (χ3v) is 8.08. The summed E-state index contributed by atoms with van der Waals surface area (Å²) in [5, 5.41) is 6.87. The number of thioether (sulfide) groups is 1. The lowest BCUT2D eigenvalue weighted by atomic mass is 9.96. The fraction of sp³-hybridized carbons (Fsp3) is 0.708. The zero-order chi connectivity index (χ0) is 20.8. The molecule has 3 heterocycles. The summed E-state index contributed by atoms with van der Waals surface area (Å²) < 4.78 is 0. The number of nitrogens with zero attached hydrogens (tertiary/aromatic N) is 2. The van der Waals surface area contributed by atoms with Crippen LogP contribution in [0, 0.1) is 5.92 Å². The molecule has 2 fully saturated rings.